The van der Waals surface area contributed by atoms with E-state index in [1.54, 1.807) is 11.8 Å². The molecule has 0 N–H and O–H groups in total. The van der Waals surface area contributed by atoms with E-state index >= 15 is 0 Å². The van der Waals surface area contributed by atoms with Crippen LogP contribution in [0.2, 0.25) is 0 Å². The Morgan fingerprint density at radius 2 is 1.90 bits per heavy atom. The maximum atomic E-state index is 12.1. The molecule has 0 bridgehead atoms. The number of unbranched alkanes of at least 4 members (excludes halogenated alkanes) is 1. The number of hydrogen-bond donors (Lipinski definition) is 0. The second-order valence-corrected chi connectivity index (χ2v) is 4.92. The zero-order valence-corrected chi connectivity index (χ0v) is 13.3. The van der Waals surface area contributed by atoms with E-state index in [9.17, 15) is 9.59 Å². The molecule has 0 fully saturated rings. The van der Waals surface area contributed by atoms with Crippen LogP contribution in [0.5, 0.6) is 0 Å². The number of rotatable bonds is 11. The molecule has 0 aliphatic rings. The molecule has 1 amide bonds. The number of amides is 1. The second-order valence-electron chi connectivity index (χ2n) is 4.92. The van der Waals surface area contributed by atoms with Gasteiger partial charge in [-0.05, 0) is 19.8 Å². The highest BCUT2D eigenvalue weighted by molar-refractivity contribution is 5.77. The van der Waals surface area contributed by atoms with E-state index in [2.05, 4.69) is 6.92 Å². The summed E-state index contributed by atoms with van der Waals surface area (Å²) in [5.41, 5.74) is 0. The molecule has 0 heterocycles. The minimum Gasteiger partial charge on any atom is -0.469 e. The Morgan fingerprint density at radius 3 is 2.45 bits per heavy atom. The van der Waals surface area contributed by atoms with E-state index in [4.69, 9.17) is 9.47 Å². The van der Waals surface area contributed by atoms with Gasteiger partial charge in [-0.2, -0.15) is 0 Å². The molecule has 0 aromatic heterocycles. The van der Waals surface area contributed by atoms with Crippen molar-refractivity contribution in [3.63, 3.8) is 0 Å². The van der Waals surface area contributed by atoms with Crippen LogP contribution in [0.3, 0.4) is 0 Å². The Kier molecular flexibility index (Phi) is 11.1. The van der Waals surface area contributed by atoms with Crippen LogP contribution >= 0.6 is 0 Å². The molecule has 0 saturated carbocycles. The molecule has 0 aliphatic heterocycles. The summed E-state index contributed by atoms with van der Waals surface area (Å²) in [5.74, 6) is -0.458. The van der Waals surface area contributed by atoms with Crippen LogP contribution in [0.15, 0.2) is 0 Å². The van der Waals surface area contributed by atoms with Gasteiger partial charge >= 0.3 is 5.97 Å². The topological polar surface area (TPSA) is 55.8 Å². The third-order valence-corrected chi connectivity index (χ3v) is 3.12. The lowest BCUT2D eigenvalue weighted by molar-refractivity contribution is -0.146. The smallest absolute Gasteiger partial charge is 0.310 e. The summed E-state index contributed by atoms with van der Waals surface area (Å²) in [6.07, 6.45) is 3.21. The maximum Gasteiger partial charge on any atom is 0.310 e. The summed E-state index contributed by atoms with van der Waals surface area (Å²) in [7, 11) is 1.37. The fourth-order valence-corrected chi connectivity index (χ4v) is 1.91. The van der Waals surface area contributed by atoms with E-state index < -0.39 is 0 Å². The minimum atomic E-state index is -0.294. The van der Waals surface area contributed by atoms with E-state index in [0.29, 0.717) is 32.7 Å². The van der Waals surface area contributed by atoms with Crippen LogP contribution in [0.4, 0.5) is 0 Å². The van der Waals surface area contributed by atoms with Crippen molar-refractivity contribution in [1.29, 1.82) is 0 Å². The van der Waals surface area contributed by atoms with Crippen molar-refractivity contribution in [2.24, 2.45) is 5.92 Å². The largest absolute Gasteiger partial charge is 0.469 e. The number of carbonyl (C=O) groups is 2. The van der Waals surface area contributed by atoms with E-state index in [0.717, 1.165) is 19.3 Å². The molecule has 0 spiro atoms. The molecule has 0 saturated heterocycles. The Labute approximate surface area is 122 Å². The van der Waals surface area contributed by atoms with Gasteiger partial charge in [-0.25, -0.2) is 0 Å². The van der Waals surface area contributed by atoms with Gasteiger partial charge in [0.15, 0.2) is 0 Å². The van der Waals surface area contributed by atoms with E-state index in [1.807, 2.05) is 6.92 Å². The lowest BCUT2D eigenvalue weighted by Crippen LogP contribution is -2.38. The normalized spacial score (nSPS) is 12.0. The monoisotopic (exact) mass is 287 g/mol. The zero-order chi connectivity index (χ0) is 15.4. The molecule has 118 valence electrons. The van der Waals surface area contributed by atoms with Gasteiger partial charge in [0.05, 0.1) is 13.0 Å². The lowest BCUT2D eigenvalue weighted by Gasteiger charge is -2.25. The Hall–Kier alpha value is -1.10. The highest BCUT2D eigenvalue weighted by Gasteiger charge is 2.20. The zero-order valence-electron chi connectivity index (χ0n) is 13.3. The van der Waals surface area contributed by atoms with Crippen molar-refractivity contribution >= 4 is 11.9 Å². The quantitative estimate of drug-likeness (QED) is 0.432. The fraction of sp³-hybridized carbons (Fsp3) is 0.867. The molecule has 5 nitrogen and oxygen atoms in total. The first kappa shape index (κ1) is 18.9. The standard InChI is InChI=1S/C15H29NO4/c1-5-7-9-14(17)16(10-8-11-20-6-2)12-13(3)15(18)19-4/h13H,5-12H2,1-4H3. The number of methoxy groups -OCH3 is 1. The molecule has 0 aliphatic carbocycles. The molecule has 0 rings (SSSR count). The van der Waals surface area contributed by atoms with Crippen molar-refractivity contribution in [2.75, 3.05) is 33.4 Å². The van der Waals surface area contributed by atoms with Gasteiger partial charge in [0, 0.05) is 32.7 Å². The van der Waals surface area contributed by atoms with Crippen molar-refractivity contribution in [3.8, 4) is 0 Å². The highest BCUT2D eigenvalue weighted by atomic mass is 16.5. The van der Waals surface area contributed by atoms with E-state index in [-0.39, 0.29) is 17.8 Å². The van der Waals surface area contributed by atoms with Gasteiger partial charge in [0.2, 0.25) is 5.91 Å². The first-order valence-electron chi connectivity index (χ1n) is 7.50. The van der Waals surface area contributed by atoms with Crippen molar-refractivity contribution < 1.29 is 19.1 Å². The summed E-state index contributed by atoms with van der Waals surface area (Å²) in [4.78, 5) is 25.4. The average molecular weight is 287 g/mol. The van der Waals surface area contributed by atoms with Gasteiger partial charge < -0.3 is 14.4 Å². The number of carbonyl (C=O) groups excluding carboxylic acids is 2. The minimum absolute atomic E-state index is 0.110. The van der Waals surface area contributed by atoms with E-state index in [1.165, 1.54) is 7.11 Å². The molecule has 1 atom stereocenters. The molecular weight excluding hydrogens is 258 g/mol. The molecule has 20 heavy (non-hydrogen) atoms. The van der Waals surface area contributed by atoms with Crippen molar-refractivity contribution in [3.05, 3.63) is 0 Å². The third kappa shape index (κ3) is 8.15. The second kappa shape index (κ2) is 11.7. The van der Waals surface area contributed by atoms with Crippen LogP contribution in [0.25, 0.3) is 0 Å². The molecule has 0 aromatic carbocycles. The Bertz CT molecular complexity index is 281. The van der Waals surface area contributed by atoms with Crippen LogP contribution in [0, 0.1) is 5.92 Å². The maximum absolute atomic E-state index is 12.1. The van der Waals surface area contributed by atoms with Gasteiger partial charge in [-0.1, -0.05) is 20.3 Å². The Morgan fingerprint density at radius 1 is 1.20 bits per heavy atom. The van der Waals surface area contributed by atoms with Gasteiger partial charge in [0.25, 0.3) is 0 Å². The van der Waals surface area contributed by atoms with Gasteiger partial charge in [-0.3, -0.25) is 9.59 Å². The number of nitrogens with zero attached hydrogens (tertiary/aromatic N) is 1. The first-order chi connectivity index (χ1) is 9.56. The van der Waals surface area contributed by atoms with Gasteiger partial charge in [-0.15, -0.1) is 0 Å². The molecule has 5 heteroatoms. The van der Waals surface area contributed by atoms with Crippen LogP contribution in [-0.4, -0.2) is 50.2 Å². The van der Waals surface area contributed by atoms with Gasteiger partial charge in [0.1, 0.15) is 0 Å². The molecule has 0 aromatic rings. The molecular formula is C15H29NO4. The highest BCUT2D eigenvalue weighted by Crippen LogP contribution is 2.07. The molecule has 0 radical (unpaired) electrons. The fourth-order valence-electron chi connectivity index (χ4n) is 1.91. The molecule has 1 unspecified atom stereocenters. The SMILES string of the molecule is CCCCC(=O)N(CCCOCC)CC(C)C(=O)OC. The first-order valence-corrected chi connectivity index (χ1v) is 7.50. The number of ether oxygens (including phenoxy) is 2. The summed E-state index contributed by atoms with van der Waals surface area (Å²) >= 11 is 0. The average Bonchev–Trinajstić information content (AvgIpc) is 2.46. The number of hydrogen-bond acceptors (Lipinski definition) is 4. The summed E-state index contributed by atoms with van der Waals surface area (Å²) in [5, 5.41) is 0. The summed E-state index contributed by atoms with van der Waals surface area (Å²) in [6.45, 7) is 8.16. The summed E-state index contributed by atoms with van der Waals surface area (Å²) < 4.78 is 10.0. The predicted octanol–water partition coefficient (Wildman–Crippen LogP) is 2.24. The van der Waals surface area contributed by atoms with Crippen LogP contribution < -0.4 is 0 Å². The lowest BCUT2D eigenvalue weighted by atomic mass is 10.1. The van der Waals surface area contributed by atoms with Crippen LogP contribution in [-0.2, 0) is 19.1 Å². The van der Waals surface area contributed by atoms with Crippen molar-refractivity contribution in [2.45, 2.75) is 46.5 Å². The third-order valence-electron chi connectivity index (χ3n) is 3.12. The number of esters is 1. The van der Waals surface area contributed by atoms with Crippen molar-refractivity contribution in [1.82, 2.24) is 4.90 Å². The van der Waals surface area contributed by atoms with Crippen LogP contribution in [0.1, 0.15) is 46.5 Å². The Balaban J connectivity index is 4.36. The summed E-state index contributed by atoms with van der Waals surface area (Å²) in [6, 6.07) is 0. The predicted molar refractivity (Wildman–Crippen MR) is 78.4 cm³/mol.